The predicted molar refractivity (Wildman–Crippen MR) is 355 cm³/mol. The molecule has 8 rings (SSSR count). The lowest BCUT2D eigenvalue weighted by Crippen LogP contribution is -2.28. The molecular weight excluding hydrogens is 975 g/mol. The highest BCUT2D eigenvalue weighted by molar-refractivity contribution is 7.80. The molecule has 0 aliphatic rings. The lowest BCUT2D eigenvalue weighted by molar-refractivity contribution is 0.568. The Bertz CT molecular complexity index is 2900. The summed E-state index contributed by atoms with van der Waals surface area (Å²) in [7, 11) is -1.55. The van der Waals surface area contributed by atoms with Crippen LogP contribution in [0.25, 0.3) is 21.5 Å². The molecule has 0 heterocycles. The fraction of sp³-hybridized carbons (Fsp3) is 0.421. The quantitative estimate of drug-likeness (QED) is 0.146. The van der Waals surface area contributed by atoms with Gasteiger partial charge in [-0.05, 0) is 169 Å². The Labute approximate surface area is 478 Å². The van der Waals surface area contributed by atoms with Crippen molar-refractivity contribution in [2.45, 2.75) is 209 Å². The first-order chi connectivity index (χ1) is 35.7. The van der Waals surface area contributed by atoms with E-state index in [-0.39, 0.29) is 43.3 Å². The van der Waals surface area contributed by atoms with Gasteiger partial charge >= 0.3 is 0 Å². The predicted octanol–water partition coefficient (Wildman–Crippen LogP) is 19.6. The number of fused-ring (bicyclic) bond motifs is 2. The van der Waals surface area contributed by atoms with Crippen LogP contribution in [0, 0.1) is 0 Å². The van der Waals surface area contributed by atoms with Gasteiger partial charge in [0.1, 0.15) is 0 Å². The molecule has 0 amide bonds. The summed E-state index contributed by atoms with van der Waals surface area (Å²) in [6, 6.07) is 61.7. The Balaban J connectivity index is 0.000000226. The van der Waals surface area contributed by atoms with Crippen LogP contribution in [0.4, 0.5) is 0 Å². The normalized spacial score (nSPS) is 13.4. The van der Waals surface area contributed by atoms with Crippen LogP contribution in [-0.2, 0) is 43.3 Å². The Kier molecular flexibility index (Phi) is 17.1. The van der Waals surface area contributed by atoms with Crippen LogP contribution in [0.15, 0.2) is 158 Å². The highest BCUT2D eigenvalue weighted by Crippen LogP contribution is 2.43. The van der Waals surface area contributed by atoms with Gasteiger partial charge in [0.15, 0.2) is 0 Å². The maximum absolute atomic E-state index is 2.51. The third-order valence-corrected chi connectivity index (χ3v) is 20.3. The van der Waals surface area contributed by atoms with Crippen LogP contribution < -0.4 is 31.8 Å². The van der Waals surface area contributed by atoms with E-state index in [4.69, 9.17) is 0 Å². The molecule has 0 saturated carbocycles. The summed E-state index contributed by atoms with van der Waals surface area (Å²) in [6.07, 6.45) is 0. The molecule has 2 heteroatoms. The first-order valence-electron chi connectivity index (χ1n) is 28.9. The van der Waals surface area contributed by atoms with Crippen molar-refractivity contribution < 1.29 is 0 Å². The van der Waals surface area contributed by atoms with Crippen molar-refractivity contribution in [2.75, 3.05) is 0 Å². The average Bonchev–Trinajstić information content (AvgIpc) is 3.43. The topological polar surface area (TPSA) is 0 Å². The Morgan fingerprint density at radius 1 is 0.179 bits per heavy atom. The van der Waals surface area contributed by atoms with E-state index in [9.17, 15) is 0 Å². The van der Waals surface area contributed by atoms with Crippen molar-refractivity contribution in [3.05, 3.63) is 202 Å². The summed E-state index contributed by atoms with van der Waals surface area (Å²) < 4.78 is 0. The van der Waals surface area contributed by atoms with Gasteiger partial charge in [-0.1, -0.05) is 312 Å². The van der Waals surface area contributed by atoms with E-state index in [0.717, 1.165) is 0 Å². The van der Waals surface area contributed by atoms with E-state index in [1.807, 2.05) is 0 Å². The monoisotopic (exact) mass is 1070 g/mol. The molecule has 0 radical (unpaired) electrons. The van der Waals surface area contributed by atoms with Gasteiger partial charge in [-0.3, -0.25) is 0 Å². The van der Waals surface area contributed by atoms with Crippen LogP contribution in [0.5, 0.6) is 0 Å². The Morgan fingerprint density at radius 3 is 0.538 bits per heavy atom. The molecule has 0 atom stereocenters. The van der Waals surface area contributed by atoms with E-state index in [2.05, 4.69) is 324 Å². The van der Waals surface area contributed by atoms with Gasteiger partial charge in [0.2, 0.25) is 0 Å². The molecular formula is C76H98P2. The van der Waals surface area contributed by atoms with Crippen LogP contribution in [0.1, 0.15) is 211 Å². The minimum atomic E-state index is -0.773. The minimum absolute atomic E-state index is 0.0736. The molecule has 0 fully saturated rings. The number of hydrogen-bond donors (Lipinski definition) is 0. The molecule has 0 N–H and O–H groups in total. The zero-order valence-corrected chi connectivity index (χ0v) is 54.7. The van der Waals surface area contributed by atoms with Gasteiger partial charge in [-0.25, -0.2) is 0 Å². The largest absolute Gasteiger partial charge is 0.0616 e. The number of benzene rings is 8. The first kappa shape index (κ1) is 60.8. The zero-order chi connectivity index (χ0) is 57.9. The zero-order valence-electron chi connectivity index (χ0n) is 52.9. The van der Waals surface area contributed by atoms with Gasteiger partial charge in [0, 0.05) is 0 Å². The minimum Gasteiger partial charge on any atom is -0.0616 e. The van der Waals surface area contributed by atoms with Crippen molar-refractivity contribution in [2.24, 2.45) is 0 Å². The summed E-state index contributed by atoms with van der Waals surface area (Å²) in [5.41, 5.74) is 11.9. The lowest BCUT2D eigenvalue weighted by atomic mass is 9.81. The molecule has 0 aliphatic heterocycles. The third-order valence-electron chi connectivity index (χ3n) is 15.6. The van der Waals surface area contributed by atoms with Crippen LogP contribution >= 0.6 is 15.8 Å². The molecule has 0 nitrogen and oxygen atoms in total. The molecule has 412 valence electrons. The molecule has 8 aromatic rings. The Hall–Kier alpha value is -4.86. The van der Waals surface area contributed by atoms with E-state index < -0.39 is 15.8 Å². The molecule has 0 saturated heterocycles. The van der Waals surface area contributed by atoms with Crippen LogP contribution in [0.3, 0.4) is 0 Å². The summed E-state index contributed by atoms with van der Waals surface area (Å²) in [5.74, 6) is 0. The van der Waals surface area contributed by atoms with Crippen molar-refractivity contribution in [3.63, 3.8) is 0 Å². The molecule has 0 aromatic heterocycles. The number of hydrogen-bond acceptors (Lipinski definition) is 0. The highest BCUT2D eigenvalue weighted by atomic mass is 31.1. The fourth-order valence-electron chi connectivity index (χ4n) is 9.95. The van der Waals surface area contributed by atoms with Crippen molar-refractivity contribution in [1.29, 1.82) is 0 Å². The maximum Gasteiger partial charge on any atom is -0.0132 e. The highest BCUT2D eigenvalue weighted by Gasteiger charge is 2.31. The van der Waals surface area contributed by atoms with Gasteiger partial charge < -0.3 is 0 Å². The van der Waals surface area contributed by atoms with Crippen molar-refractivity contribution >= 4 is 69.2 Å². The molecule has 0 spiro atoms. The van der Waals surface area contributed by atoms with Gasteiger partial charge in [-0.2, -0.15) is 0 Å². The van der Waals surface area contributed by atoms with Crippen LogP contribution in [-0.4, -0.2) is 0 Å². The summed E-state index contributed by atoms with van der Waals surface area (Å²) in [4.78, 5) is 0. The van der Waals surface area contributed by atoms with Crippen LogP contribution in [0.2, 0.25) is 0 Å². The summed E-state index contributed by atoms with van der Waals surface area (Å²) in [5, 5.41) is 13.9. The van der Waals surface area contributed by atoms with Gasteiger partial charge in [0.05, 0.1) is 0 Å². The lowest BCUT2D eigenvalue weighted by Gasteiger charge is -2.31. The SMILES string of the molecule is CC(C)(C)c1cc(P(c2cc(C(C)(C)C)cc(C(C)(C)C)c2)c2ccc3ccccc3c2)cc(C(C)(C)C)c1.CC(C)(C)c1cc(P(c2cc(C(C)(C)C)cc(C(C)(C)C)c2)c2ccc3ccccc3c2)cc(C(C)(C)C)c1. The number of rotatable bonds is 6. The van der Waals surface area contributed by atoms with Gasteiger partial charge in [-0.15, -0.1) is 0 Å². The van der Waals surface area contributed by atoms with E-state index >= 15 is 0 Å². The standard InChI is InChI=1S/2C38H49P/c2*1-35(2,3)28-20-29(36(4,5)6)23-33(22-28)39(32-18-17-26-15-13-14-16-27(26)19-32)34-24-30(37(7,8)9)21-31(25-34)38(10,11)12/h2*13-25H,1-12H3. The molecule has 0 bridgehead atoms. The van der Waals surface area contributed by atoms with Crippen molar-refractivity contribution in [3.8, 4) is 0 Å². The van der Waals surface area contributed by atoms with E-state index in [0.29, 0.717) is 0 Å². The van der Waals surface area contributed by atoms with E-state index in [1.165, 1.54) is 97.9 Å². The average molecular weight is 1070 g/mol. The van der Waals surface area contributed by atoms with Gasteiger partial charge in [0.25, 0.3) is 0 Å². The second-order valence-corrected chi connectivity index (χ2v) is 35.2. The first-order valence-corrected chi connectivity index (χ1v) is 31.6. The fourth-order valence-corrected chi connectivity index (χ4v) is 14.9. The molecule has 78 heavy (non-hydrogen) atoms. The summed E-state index contributed by atoms with van der Waals surface area (Å²) in [6.45, 7) is 56.2. The maximum atomic E-state index is 2.51. The second kappa shape index (κ2) is 21.9. The Morgan fingerprint density at radius 2 is 0.359 bits per heavy atom. The molecule has 8 aromatic carbocycles. The molecule has 0 unspecified atom stereocenters. The second-order valence-electron chi connectivity index (χ2n) is 30.8. The smallest absolute Gasteiger partial charge is 0.0132 e. The van der Waals surface area contributed by atoms with Crippen molar-refractivity contribution in [1.82, 2.24) is 0 Å². The third kappa shape index (κ3) is 14.5. The van der Waals surface area contributed by atoms with E-state index in [1.54, 1.807) is 0 Å². The molecule has 0 aliphatic carbocycles. The summed E-state index contributed by atoms with van der Waals surface area (Å²) >= 11 is 0.